The SMILES string of the molecule is Cc1cc(C2=NOC(c3cc(Cl)cc(Cl)c3)(C(F)(F)F)/C2=N/O)ccc1C(=O)CC1CSC1. The van der Waals surface area contributed by atoms with Crippen molar-refractivity contribution in [3.8, 4) is 0 Å². The number of carbonyl (C=O) groups is 1. The van der Waals surface area contributed by atoms with E-state index in [0.717, 1.165) is 23.6 Å². The highest BCUT2D eigenvalue weighted by atomic mass is 35.5. The van der Waals surface area contributed by atoms with E-state index in [1.54, 1.807) is 24.8 Å². The lowest BCUT2D eigenvalue weighted by Gasteiger charge is -2.29. The number of aryl methyl sites for hydroxylation is 1. The van der Waals surface area contributed by atoms with Gasteiger partial charge in [0.25, 0.3) is 0 Å². The molecule has 2 aromatic carbocycles. The van der Waals surface area contributed by atoms with Gasteiger partial charge in [-0.3, -0.25) is 4.79 Å². The van der Waals surface area contributed by atoms with Gasteiger partial charge in [0, 0.05) is 33.2 Å². The normalized spacial score (nSPS) is 22.1. The van der Waals surface area contributed by atoms with Gasteiger partial charge in [0.1, 0.15) is 5.71 Å². The summed E-state index contributed by atoms with van der Waals surface area (Å²) in [6.07, 6.45) is -4.65. The molecule has 11 heteroatoms. The highest BCUT2D eigenvalue weighted by Gasteiger charge is 2.67. The number of Topliss-reactive ketones (excluding diaryl/α,β-unsaturated/α-hetero) is 1. The minimum absolute atomic E-state index is 0.0248. The second kappa shape index (κ2) is 8.85. The van der Waals surface area contributed by atoms with Crippen LogP contribution in [0.3, 0.4) is 0 Å². The fourth-order valence-corrected chi connectivity index (χ4v) is 5.20. The molecule has 5 nitrogen and oxygen atoms in total. The molecule has 1 atom stereocenters. The third kappa shape index (κ3) is 4.22. The van der Waals surface area contributed by atoms with Crippen LogP contribution in [0, 0.1) is 12.8 Å². The van der Waals surface area contributed by atoms with Crippen molar-refractivity contribution in [2.75, 3.05) is 11.5 Å². The number of benzene rings is 2. The third-order valence-electron chi connectivity index (χ3n) is 5.58. The Labute approximate surface area is 201 Å². The molecular weight excluding hydrogens is 500 g/mol. The Hall–Kier alpha value is -2.23. The van der Waals surface area contributed by atoms with Crippen LogP contribution >= 0.6 is 35.0 Å². The molecule has 33 heavy (non-hydrogen) atoms. The molecule has 1 N–H and O–H groups in total. The summed E-state index contributed by atoms with van der Waals surface area (Å²) in [5.41, 5.74) is -3.62. The Bertz CT molecular complexity index is 1160. The average Bonchev–Trinajstić information content (AvgIpc) is 3.10. The number of nitrogens with zero attached hydrogens (tertiary/aromatic N) is 2. The lowest BCUT2D eigenvalue weighted by molar-refractivity contribution is -0.250. The summed E-state index contributed by atoms with van der Waals surface area (Å²) in [5.74, 6) is 2.21. The molecule has 0 amide bonds. The Kier molecular flexibility index (Phi) is 6.41. The Morgan fingerprint density at radius 2 is 1.91 bits per heavy atom. The van der Waals surface area contributed by atoms with Gasteiger partial charge < -0.3 is 10.0 Å². The van der Waals surface area contributed by atoms with E-state index in [-0.39, 0.29) is 27.1 Å². The maximum atomic E-state index is 14.4. The van der Waals surface area contributed by atoms with E-state index >= 15 is 0 Å². The fraction of sp³-hybridized carbons (Fsp3) is 0.318. The second-order valence-corrected chi connectivity index (χ2v) is 9.83. The molecule has 0 aliphatic carbocycles. The van der Waals surface area contributed by atoms with Crippen LogP contribution in [0.1, 0.15) is 33.5 Å². The van der Waals surface area contributed by atoms with Crippen LogP contribution in [-0.4, -0.2) is 40.1 Å². The number of alkyl halides is 3. The molecule has 0 spiro atoms. The van der Waals surface area contributed by atoms with E-state index in [4.69, 9.17) is 28.0 Å². The summed E-state index contributed by atoms with van der Waals surface area (Å²) >= 11 is 13.6. The zero-order chi connectivity index (χ0) is 24.0. The maximum absolute atomic E-state index is 14.4. The van der Waals surface area contributed by atoms with Crippen molar-refractivity contribution < 1.29 is 28.0 Å². The summed E-state index contributed by atoms with van der Waals surface area (Å²) < 4.78 is 43.1. The van der Waals surface area contributed by atoms with Crippen LogP contribution in [0.2, 0.25) is 10.0 Å². The molecular formula is C22H17Cl2F3N2O3S. The average molecular weight is 517 g/mol. The van der Waals surface area contributed by atoms with Crippen molar-refractivity contribution in [1.82, 2.24) is 0 Å². The third-order valence-corrected chi connectivity index (χ3v) is 7.43. The number of hydrogen-bond donors (Lipinski definition) is 1. The van der Waals surface area contributed by atoms with E-state index in [0.29, 0.717) is 23.5 Å². The van der Waals surface area contributed by atoms with Gasteiger partial charge in [0.2, 0.25) is 0 Å². The number of halogens is 5. The summed E-state index contributed by atoms with van der Waals surface area (Å²) in [6.45, 7) is 1.69. The van der Waals surface area contributed by atoms with Crippen LogP contribution in [0.5, 0.6) is 0 Å². The van der Waals surface area contributed by atoms with Gasteiger partial charge in [-0.25, -0.2) is 0 Å². The first-order valence-electron chi connectivity index (χ1n) is 9.81. The predicted octanol–water partition coefficient (Wildman–Crippen LogP) is 6.26. The van der Waals surface area contributed by atoms with Gasteiger partial charge in [0.05, 0.1) is 0 Å². The zero-order valence-corrected chi connectivity index (χ0v) is 19.4. The smallest absolute Gasteiger partial charge is 0.410 e. The van der Waals surface area contributed by atoms with Gasteiger partial charge >= 0.3 is 11.8 Å². The number of carbonyl (C=O) groups excluding carboxylic acids is 1. The number of hydrogen-bond acceptors (Lipinski definition) is 6. The van der Waals surface area contributed by atoms with Crippen molar-refractivity contribution in [2.24, 2.45) is 16.2 Å². The van der Waals surface area contributed by atoms with E-state index < -0.39 is 23.1 Å². The molecule has 4 rings (SSSR count). The number of ketones is 1. The molecule has 2 heterocycles. The van der Waals surface area contributed by atoms with Crippen LogP contribution in [0.15, 0.2) is 46.7 Å². The van der Waals surface area contributed by atoms with E-state index in [2.05, 4.69) is 10.3 Å². The molecule has 2 aromatic rings. The first kappa shape index (κ1) is 23.9. The number of rotatable bonds is 5. The summed E-state index contributed by atoms with van der Waals surface area (Å²) in [7, 11) is 0. The first-order valence-corrected chi connectivity index (χ1v) is 11.7. The topological polar surface area (TPSA) is 71.2 Å². The number of thioether (sulfide) groups is 1. The van der Waals surface area contributed by atoms with Crippen molar-refractivity contribution in [1.29, 1.82) is 0 Å². The molecule has 1 saturated heterocycles. The molecule has 1 unspecified atom stereocenters. The minimum atomic E-state index is -5.07. The second-order valence-electron chi connectivity index (χ2n) is 7.88. The van der Waals surface area contributed by atoms with Crippen LogP contribution in [-0.2, 0) is 10.4 Å². The van der Waals surface area contributed by atoms with E-state index in [1.165, 1.54) is 18.2 Å². The van der Waals surface area contributed by atoms with Crippen molar-refractivity contribution >= 4 is 52.2 Å². The lowest BCUT2D eigenvalue weighted by atomic mass is 9.84. The van der Waals surface area contributed by atoms with Gasteiger partial charge in [-0.2, -0.15) is 24.9 Å². The van der Waals surface area contributed by atoms with Crippen LogP contribution in [0.4, 0.5) is 13.2 Å². The highest BCUT2D eigenvalue weighted by Crippen LogP contribution is 2.48. The highest BCUT2D eigenvalue weighted by molar-refractivity contribution is 8.00. The summed E-state index contributed by atoms with van der Waals surface area (Å²) in [4.78, 5) is 17.6. The molecule has 2 aliphatic rings. The largest absolute Gasteiger partial charge is 0.441 e. The molecule has 0 saturated carbocycles. The molecule has 174 valence electrons. The van der Waals surface area contributed by atoms with Crippen molar-refractivity contribution in [3.63, 3.8) is 0 Å². The van der Waals surface area contributed by atoms with E-state index in [9.17, 15) is 23.2 Å². The molecule has 1 fully saturated rings. The van der Waals surface area contributed by atoms with Crippen molar-refractivity contribution in [2.45, 2.75) is 25.1 Å². The molecule has 0 radical (unpaired) electrons. The first-order chi connectivity index (χ1) is 15.6. The number of oxime groups is 2. The van der Waals surface area contributed by atoms with Crippen LogP contribution in [0.25, 0.3) is 0 Å². The summed E-state index contributed by atoms with van der Waals surface area (Å²) in [5, 5.41) is 16.1. The maximum Gasteiger partial charge on any atom is 0.441 e. The van der Waals surface area contributed by atoms with E-state index in [1.807, 2.05) is 0 Å². The standard InChI is InChI=1S/C22H17Cl2F3N2O3S/c1-11-4-13(2-3-17(11)18(30)5-12-9-33-10-12)19-20(28-31)21(32-29-19,22(25,26)27)14-6-15(23)8-16(24)7-14/h2-4,6-8,12,31H,5,9-10H2,1H3/b28-20+. The fourth-order valence-electron chi connectivity index (χ4n) is 3.87. The lowest BCUT2D eigenvalue weighted by Crippen LogP contribution is -2.50. The zero-order valence-electron chi connectivity index (χ0n) is 17.1. The Balaban J connectivity index is 1.72. The Morgan fingerprint density at radius 3 is 2.42 bits per heavy atom. The predicted molar refractivity (Wildman–Crippen MR) is 122 cm³/mol. The van der Waals surface area contributed by atoms with Crippen LogP contribution < -0.4 is 0 Å². The van der Waals surface area contributed by atoms with Gasteiger partial charge in [-0.05, 0) is 54.2 Å². The van der Waals surface area contributed by atoms with Gasteiger partial charge in [-0.15, -0.1) is 0 Å². The quantitative estimate of drug-likeness (QED) is 0.289. The molecule has 2 aliphatic heterocycles. The monoisotopic (exact) mass is 516 g/mol. The van der Waals surface area contributed by atoms with Crippen molar-refractivity contribution in [3.05, 3.63) is 68.7 Å². The Morgan fingerprint density at radius 1 is 1.24 bits per heavy atom. The summed E-state index contributed by atoms with van der Waals surface area (Å²) in [6, 6.07) is 7.84. The molecule has 0 bridgehead atoms. The minimum Gasteiger partial charge on any atom is -0.410 e. The van der Waals surface area contributed by atoms with Gasteiger partial charge in [0.15, 0.2) is 11.5 Å². The van der Waals surface area contributed by atoms with Gasteiger partial charge in [-0.1, -0.05) is 45.6 Å². The molecule has 0 aromatic heterocycles.